The summed E-state index contributed by atoms with van der Waals surface area (Å²) in [6.45, 7) is 6.34. The van der Waals surface area contributed by atoms with E-state index in [0.29, 0.717) is 35.2 Å². The molecule has 2 rings (SSSR count). The van der Waals surface area contributed by atoms with E-state index in [9.17, 15) is 4.79 Å². The minimum Gasteiger partial charge on any atom is -0.492 e. The lowest BCUT2D eigenvalue weighted by atomic mass is 10.0. The summed E-state index contributed by atoms with van der Waals surface area (Å²) in [6.07, 6.45) is 0.873. The van der Waals surface area contributed by atoms with Gasteiger partial charge < -0.3 is 4.74 Å². The van der Waals surface area contributed by atoms with Gasteiger partial charge in [0.1, 0.15) is 5.75 Å². The Balaban J connectivity index is 1.78. The average Bonchev–Trinajstić information content (AvgIpc) is 2.58. The molecule has 0 saturated heterocycles. The summed E-state index contributed by atoms with van der Waals surface area (Å²) in [5.74, 6) is 0.403. The number of benzene rings is 2. The minimum atomic E-state index is -0.153. The molecule has 0 radical (unpaired) electrons. The summed E-state index contributed by atoms with van der Waals surface area (Å²) in [6, 6.07) is 11.2. The number of carbonyl (C=O) groups is 1. The molecule has 0 fully saturated rings. The molecule has 0 aliphatic rings. The van der Waals surface area contributed by atoms with Crippen LogP contribution in [0.1, 0.15) is 36.5 Å². The Morgan fingerprint density at radius 1 is 1.15 bits per heavy atom. The summed E-state index contributed by atoms with van der Waals surface area (Å²) in [5, 5.41) is 5.19. The van der Waals surface area contributed by atoms with E-state index >= 15 is 0 Å². The van der Waals surface area contributed by atoms with Gasteiger partial charge in [0.05, 0.1) is 17.3 Å². The number of hydrazone groups is 1. The van der Waals surface area contributed by atoms with E-state index in [4.69, 9.17) is 27.9 Å². The molecule has 1 amide bonds. The van der Waals surface area contributed by atoms with Gasteiger partial charge in [-0.2, -0.15) is 5.10 Å². The first-order valence-corrected chi connectivity index (χ1v) is 9.11. The predicted octanol–water partition coefficient (Wildman–Crippen LogP) is 5.31. The fraction of sp³-hybridized carbons (Fsp3) is 0.300. The molecule has 2 aromatic rings. The molecule has 0 aliphatic heterocycles. The van der Waals surface area contributed by atoms with Gasteiger partial charge in [0.2, 0.25) is 5.91 Å². The maximum atomic E-state index is 11.9. The van der Waals surface area contributed by atoms with Gasteiger partial charge in [-0.3, -0.25) is 4.79 Å². The van der Waals surface area contributed by atoms with Crippen molar-refractivity contribution in [1.82, 2.24) is 5.43 Å². The lowest BCUT2D eigenvalue weighted by molar-refractivity contribution is -0.121. The van der Waals surface area contributed by atoms with Crippen molar-refractivity contribution in [2.75, 3.05) is 6.61 Å². The summed E-state index contributed by atoms with van der Waals surface area (Å²) in [5.41, 5.74) is 6.72. The number of amides is 1. The van der Waals surface area contributed by atoms with E-state index in [1.807, 2.05) is 32.9 Å². The molecule has 0 atom stereocenters. The quantitative estimate of drug-likeness (QED) is 0.394. The zero-order valence-electron chi connectivity index (χ0n) is 15.1. The number of nitrogens with one attached hydrogen (secondary N) is 1. The average molecular weight is 393 g/mol. The van der Waals surface area contributed by atoms with Crippen LogP contribution in [0.3, 0.4) is 0 Å². The number of ether oxygens (including phenoxy) is 1. The SMILES string of the molecule is CC(=NNC(=O)CCCOc1ccc(Cl)cc1Cl)c1ccc(C)cc1C. The van der Waals surface area contributed by atoms with Crippen LogP contribution in [0.2, 0.25) is 10.0 Å². The number of carbonyl (C=O) groups excluding carboxylic acids is 1. The van der Waals surface area contributed by atoms with Crippen molar-refractivity contribution in [1.29, 1.82) is 0 Å². The highest BCUT2D eigenvalue weighted by atomic mass is 35.5. The number of hydrogen-bond acceptors (Lipinski definition) is 3. The van der Waals surface area contributed by atoms with Gasteiger partial charge >= 0.3 is 0 Å². The first-order chi connectivity index (χ1) is 12.4. The van der Waals surface area contributed by atoms with E-state index in [0.717, 1.165) is 16.8 Å². The molecule has 0 aromatic heterocycles. The second kappa shape index (κ2) is 9.60. The highest BCUT2D eigenvalue weighted by Gasteiger charge is 2.06. The molecule has 2 aromatic carbocycles. The number of halogens is 2. The first-order valence-electron chi connectivity index (χ1n) is 8.35. The van der Waals surface area contributed by atoms with Crippen LogP contribution in [0.25, 0.3) is 0 Å². The fourth-order valence-electron chi connectivity index (χ4n) is 2.49. The van der Waals surface area contributed by atoms with E-state index < -0.39 is 0 Å². The molecule has 0 unspecified atom stereocenters. The van der Waals surface area contributed by atoms with Crippen LogP contribution in [0, 0.1) is 13.8 Å². The van der Waals surface area contributed by atoms with Crippen molar-refractivity contribution in [3.63, 3.8) is 0 Å². The van der Waals surface area contributed by atoms with Crippen LogP contribution in [-0.4, -0.2) is 18.2 Å². The number of hydrogen-bond donors (Lipinski definition) is 1. The lowest BCUT2D eigenvalue weighted by Gasteiger charge is -2.08. The summed E-state index contributed by atoms with van der Waals surface area (Å²) < 4.78 is 5.56. The molecular weight excluding hydrogens is 371 g/mol. The first kappa shape index (κ1) is 20.3. The minimum absolute atomic E-state index is 0.153. The van der Waals surface area contributed by atoms with Crippen molar-refractivity contribution in [2.24, 2.45) is 5.10 Å². The third kappa shape index (κ3) is 6.04. The topological polar surface area (TPSA) is 50.7 Å². The second-order valence-corrected chi connectivity index (χ2v) is 6.92. The largest absolute Gasteiger partial charge is 0.492 e. The van der Waals surface area contributed by atoms with E-state index in [1.54, 1.807) is 18.2 Å². The predicted molar refractivity (Wildman–Crippen MR) is 107 cm³/mol. The Kier molecular flexibility index (Phi) is 7.49. The molecular formula is C20H22Cl2N2O2. The molecule has 1 N–H and O–H groups in total. The summed E-state index contributed by atoms with van der Waals surface area (Å²) >= 11 is 11.9. The Bertz CT molecular complexity index is 819. The standard InChI is InChI=1S/C20H22Cl2N2O2/c1-13-6-8-17(14(2)11-13)15(3)23-24-20(25)5-4-10-26-19-9-7-16(21)12-18(19)22/h6-9,11-12H,4-5,10H2,1-3H3,(H,24,25). The molecule has 0 bridgehead atoms. The third-order valence-electron chi connectivity index (χ3n) is 3.82. The van der Waals surface area contributed by atoms with Crippen LogP contribution < -0.4 is 10.2 Å². The molecule has 0 spiro atoms. The van der Waals surface area contributed by atoms with Crippen LogP contribution >= 0.6 is 23.2 Å². The van der Waals surface area contributed by atoms with Crippen molar-refractivity contribution in [3.05, 3.63) is 63.1 Å². The van der Waals surface area contributed by atoms with Crippen molar-refractivity contribution < 1.29 is 9.53 Å². The number of rotatable bonds is 7. The number of aryl methyl sites for hydroxylation is 2. The fourth-order valence-corrected chi connectivity index (χ4v) is 2.95. The van der Waals surface area contributed by atoms with E-state index in [2.05, 4.69) is 16.6 Å². The maximum Gasteiger partial charge on any atom is 0.240 e. The van der Waals surface area contributed by atoms with Gasteiger partial charge in [-0.1, -0.05) is 47.0 Å². The second-order valence-electron chi connectivity index (χ2n) is 6.08. The molecule has 0 saturated carbocycles. The summed E-state index contributed by atoms with van der Waals surface area (Å²) in [7, 11) is 0. The highest BCUT2D eigenvalue weighted by molar-refractivity contribution is 6.35. The summed E-state index contributed by atoms with van der Waals surface area (Å²) in [4.78, 5) is 11.9. The van der Waals surface area contributed by atoms with Gasteiger partial charge in [0.25, 0.3) is 0 Å². The van der Waals surface area contributed by atoms with Crippen LogP contribution in [0.4, 0.5) is 0 Å². The molecule has 0 heterocycles. The van der Waals surface area contributed by atoms with Gasteiger partial charge in [0.15, 0.2) is 0 Å². The Hall–Kier alpha value is -2.04. The zero-order valence-corrected chi connectivity index (χ0v) is 16.6. The van der Waals surface area contributed by atoms with Gasteiger partial charge in [-0.25, -0.2) is 5.43 Å². The van der Waals surface area contributed by atoms with E-state index in [1.165, 1.54) is 5.56 Å². The molecule has 4 nitrogen and oxygen atoms in total. The molecule has 0 aliphatic carbocycles. The Labute approximate surface area is 164 Å². The van der Waals surface area contributed by atoms with Crippen LogP contribution in [0.15, 0.2) is 41.5 Å². The Morgan fingerprint density at radius 3 is 2.62 bits per heavy atom. The van der Waals surface area contributed by atoms with Gasteiger partial charge in [0, 0.05) is 17.0 Å². The maximum absolute atomic E-state index is 11.9. The molecule has 26 heavy (non-hydrogen) atoms. The Morgan fingerprint density at radius 2 is 1.92 bits per heavy atom. The van der Waals surface area contributed by atoms with Crippen molar-refractivity contribution in [2.45, 2.75) is 33.6 Å². The third-order valence-corrected chi connectivity index (χ3v) is 4.35. The molecule has 138 valence electrons. The van der Waals surface area contributed by atoms with Crippen molar-refractivity contribution >= 4 is 34.8 Å². The lowest BCUT2D eigenvalue weighted by Crippen LogP contribution is -2.20. The van der Waals surface area contributed by atoms with Crippen LogP contribution in [0.5, 0.6) is 5.75 Å². The molecule has 6 heteroatoms. The zero-order chi connectivity index (χ0) is 19.1. The number of nitrogens with zero attached hydrogens (tertiary/aromatic N) is 1. The van der Waals surface area contributed by atoms with Gasteiger partial charge in [-0.05, 0) is 51.0 Å². The highest BCUT2D eigenvalue weighted by Crippen LogP contribution is 2.27. The van der Waals surface area contributed by atoms with E-state index in [-0.39, 0.29) is 5.91 Å². The van der Waals surface area contributed by atoms with Crippen LogP contribution in [-0.2, 0) is 4.79 Å². The monoisotopic (exact) mass is 392 g/mol. The van der Waals surface area contributed by atoms with Gasteiger partial charge in [-0.15, -0.1) is 0 Å². The van der Waals surface area contributed by atoms with Crippen molar-refractivity contribution in [3.8, 4) is 5.75 Å². The smallest absolute Gasteiger partial charge is 0.240 e. The normalized spacial score (nSPS) is 11.3.